The molecule has 0 fully saturated rings. The van der Waals surface area contributed by atoms with Crippen LogP contribution in [0.1, 0.15) is 6.92 Å². The molecule has 0 unspecified atom stereocenters. The SMILES string of the molecule is CNC(=O)NC(=O)[C@@H](C)Sc1ncc(-c2ccccc2)[nH]1. The van der Waals surface area contributed by atoms with Gasteiger partial charge in [0.25, 0.3) is 0 Å². The maximum absolute atomic E-state index is 11.8. The molecular weight excluding hydrogens is 288 g/mol. The molecule has 1 atom stereocenters. The van der Waals surface area contributed by atoms with Crippen molar-refractivity contribution >= 4 is 23.7 Å². The number of aromatic nitrogens is 2. The van der Waals surface area contributed by atoms with E-state index in [2.05, 4.69) is 20.6 Å². The Morgan fingerprint density at radius 3 is 2.67 bits per heavy atom. The van der Waals surface area contributed by atoms with Gasteiger partial charge in [0.15, 0.2) is 5.16 Å². The van der Waals surface area contributed by atoms with Gasteiger partial charge in [-0.3, -0.25) is 10.1 Å². The van der Waals surface area contributed by atoms with Gasteiger partial charge < -0.3 is 10.3 Å². The number of amides is 3. The van der Waals surface area contributed by atoms with E-state index < -0.39 is 11.3 Å². The molecule has 3 N–H and O–H groups in total. The average Bonchev–Trinajstić information content (AvgIpc) is 2.96. The average molecular weight is 304 g/mol. The van der Waals surface area contributed by atoms with Gasteiger partial charge >= 0.3 is 6.03 Å². The number of rotatable bonds is 4. The lowest BCUT2D eigenvalue weighted by atomic mass is 10.2. The zero-order chi connectivity index (χ0) is 15.2. The fraction of sp³-hybridized carbons (Fsp3) is 0.214. The number of carbonyl (C=O) groups excluding carboxylic acids is 2. The number of nitrogens with zero attached hydrogens (tertiary/aromatic N) is 1. The van der Waals surface area contributed by atoms with Crippen molar-refractivity contribution in [3.05, 3.63) is 36.5 Å². The van der Waals surface area contributed by atoms with Crippen molar-refractivity contribution in [2.45, 2.75) is 17.3 Å². The van der Waals surface area contributed by atoms with Crippen molar-refractivity contribution in [1.29, 1.82) is 0 Å². The molecule has 0 aliphatic heterocycles. The number of imide groups is 1. The normalized spacial score (nSPS) is 11.7. The van der Waals surface area contributed by atoms with E-state index in [0.29, 0.717) is 5.16 Å². The van der Waals surface area contributed by atoms with Gasteiger partial charge in [0.2, 0.25) is 5.91 Å². The van der Waals surface area contributed by atoms with Gasteiger partial charge in [0, 0.05) is 7.05 Å². The van der Waals surface area contributed by atoms with E-state index in [1.807, 2.05) is 30.3 Å². The van der Waals surface area contributed by atoms with Crippen LogP contribution in [0.25, 0.3) is 11.3 Å². The Bertz CT molecular complexity index is 627. The fourth-order valence-electron chi connectivity index (χ4n) is 1.62. The Balaban J connectivity index is 1.99. The van der Waals surface area contributed by atoms with Crippen molar-refractivity contribution in [2.24, 2.45) is 0 Å². The predicted molar refractivity (Wildman–Crippen MR) is 81.9 cm³/mol. The molecule has 0 saturated carbocycles. The van der Waals surface area contributed by atoms with Gasteiger partial charge in [-0.25, -0.2) is 9.78 Å². The molecule has 1 aromatic heterocycles. The third-order valence-corrected chi connectivity index (χ3v) is 3.76. The first-order chi connectivity index (χ1) is 10.1. The molecule has 0 aliphatic carbocycles. The van der Waals surface area contributed by atoms with Crippen LogP contribution in [0.2, 0.25) is 0 Å². The summed E-state index contributed by atoms with van der Waals surface area (Å²) in [6, 6.07) is 9.27. The number of urea groups is 1. The fourth-order valence-corrected chi connectivity index (χ4v) is 2.41. The number of nitrogens with one attached hydrogen (secondary N) is 3. The lowest BCUT2D eigenvalue weighted by molar-refractivity contribution is -0.119. The van der Waals surface area contributed by atoms with Crippen molar-refractivity contribution in [3.8, 4) is 11.3 Å². The second-order valence-corrected chi connectivity index (χ2v) is 5.63. The third-order valence-electron chi connectivity index (χ3n) is 2.76. The minimum absolute atomic E-state index is 0.364. The molecule has 7 heteroatoms. The largest absolute Gasteiger partial charge is 0.341 e. The highest BCUT2D eigenvalue weighted by molar-refractivity contribution is 8.00. The highest BCUT2D eigenvalue weighted by Gasteiger charge is 2.18. The molecule has 0 spiro atoms. The van der Waals surface area contributed by atoms with Crippen molar-refractivity contribution < 1.29 is 9.59 Å². The molecule has 2 rings (SSSR count). The van der Waals surface area contributed by atoms with E-state index in [4.69, 9.17) is 0 Å². The molecule has 21 heavy (non-hydrogen) atoms. The first-order valence-corrected chi connectivity index (χ1v) is 7.27. The van der Waals surface area contributed by atoms with Gasteiger partial charge in [-0.1, -0.05) is 42.1 Å². The van der Waals surface area contributed by atoms with E-state index in [1.54, 1.807) is 13.1 Å². The van der Waals surface area contributed by atoms with Crippen LogP contribution in [-0.4, -0.2) is 34.2 Å². The molecule has 3 amide bonds. The maximum atomic E-state index is 11.8. The minimum Gasteiger partial charge on any atom is -0.341 e. The van der Waals surface area contributed by atoms with Crippen LogP contribution in [0.5, 0.6) is 0 Å². The summed E-state index contributed by atoms with van der Waals surface area (Å²) in [5.74, 6) is -0.364. The number of aromatic amines is 1. The van der Waals surface area contributed by atoms with Crippen LogP contribution in [-0.2, 0) is 4.79 Å². The summed E-state index contributed by atoms with van der Waals surface area (Å²) < 4.78 is 0. The first kappa shape index (κ1) is 15.1. The van der Waals surface area contributed by atoms with Crippen molar-refractivity contribution in [3.63, 3.8) is 0 Å². The van der Waals surface area contributed by atoms with E-state index in [-0.39, 0.29) is 5.91 Å². The van der Waals surface area contributed by atoms with E-state index in [0.717, 1.165) is 11.3 Å². The number of imidazole rings is 1. The predicted octanol–water partition coefficient (Wildman–Crippen LogP) is 2.01. The molecule has 1 aromatic carbocycles. The standard InChI is InChI=1S/C14H16N4O2S/c1-9(12(19)18-13(20)15-2)21-14-16-8-11(17-14)10-6-4-3-5-7-10/h3-9H,1-2H3,(H,16,17)(H2,15,18,19,20)/t9-/m1/s1. The van der Waals surface area contributed by atoms with Crippen LogP contribution < -0.4 is 10.6 Å². The summed E-state index contributed by atoms with van der Waals surface area (Å²) in [6.45, 7) is 1.72. The number of carbonyl (C=O) groups is 2. The van der Waals surface area contributed by atoms with Crippen LogP contribution in [0.3, 0.4) is 0 Å². The van der Waals surface area contributed by atoms with Crippen molar-refractivity contribution in [1.82, 2.24) is 20.6 Å². The lowest BCUT2D eigenvalue weighted by Crippen LogP contribution is -2.41. The lowest BCUT2D eigenvalue weighted by Gasteiger charge is -2.08. The monoisotopic (exact) mass is 304 g/mol. The molecular formula is C14H16N4O2S. The summed E-state index contributed by atoms with van der Waals surface area (Å²) >= 11 is 1.26. The Hall–Kier alpha value is -2.28. The van der Waals surface area contributed by atoms with Gasteiger partial charge in [0.1, 0.15) is 0 Å². The highest BCUT2D eigenvalue weighted by Crippen LogP contribution is 2.24. The minimum atomic E-state index is -0.517. The Morgan fingerprint density at radius 2 is 2.00 bits per heavy atom. The van der Waals surface area contributed by atoms with Crippen LogP contribution in [0.4, 0.5) is 4.79 Å². The number of H-pyrrole nitrogens is 1. The van der Waals surface area contributed by atoms with E-state index in [1.165, 1.54) is 18.8 Å². The number of hydrogen-bond acceptors (Lipinski definition) is 4. The zero-order valence-corrected chi connectivity index (χ0v) is 12.5. The molecule has 2 aromatic rings. The van der Waals surface area contributed by atoms with Crippen LogP contribution >= 0.6 is 11.8 Å². The Morgan fingerprint density at radius 1 is 1.29 bits per heavy atom. The molecule has 0 radical (unpaired) electrons. The molecule has 0 bridgehead atoms. The van der Waals surface area contributed by atoms with Gasteiger partial charge in [-0.05, 0) is 12.5 Å². The molecule has 0 aliphatic rings. The van der Waals surface area contributed by atoms with Crippen molar-refractivity contribution in [2.75, 3.05) is 7.05 Å². The van der Waals surface area contributed by atoms with E-state index >= 15 is 0 Å². The van der Waals surface area contributed by atoms with Gasteiger partial charge in [-0.2, -0.15) is 0 Å². The summed E-state index contributed by atoms with van der Waals surface area (Å²) in [6.07, 6.45) is 1.72. The molecule has 110 valence electrons. The van der Waals surface area contributed by atoms with Crippen LogP contribution in [0, 0.1) is 0 Å². The summed E-state index contributed by atoms with van der Waals surface area (Å²) in [4.78, 5) is 30.2. The molecule has 0 saturated heterocycles. The Labute approximate surface area is 126 Å². The number of benzene rings is 1. The summed E-state index contributed by atoms with van der Waals surface area (Å²) in [5, 5.41) is 4.77. The van der Waals surface area contributed by atoms with Gasteiger partial charge in [0.05, 0.1) is 17.1 Å². The second kappa shape index (κ2) is 6.94. The highest BCUT2D eigenvalue weighted by atomic mass is 32.2. The molecule has 6 nitrogen and oxygen atoms in total. The Kier molecular flexibility index (Phi) is 4.99. The number of thioether (sulfide) groups is 1. The summed E-state index contributed by atoms with van der Waals surface area (Å²) in [7, 11) is 1.46. The van der Waals surface area contributed by atoms with E-state index in [9.17, 15) is 9.59 Å². The second-order valence-electron chi connectivity index (χ2n) is 4.30. The molecule has 1 heterocycles. The first-order valence-electron chi connectivity index (χ1n) is 6.40. The zero-order valence-electron chi connectivity index (χ0n) is 11.7. The summed E-state index contributed by atoms with van der Waals surface area (Å²) in [5.41, 5.74) is 1.91. The van der Waals surface area contributed by atoms with Gasteiger partial charge in [-0.15, -0.1) is 0 Å². The third kappa shape index (κ3) is 4.09. The van der Waals surface area contributed by atoms with Crippen LogP contribution in [0.15, 0.2) is 41.7 Å². The quantitative estimate of drug-likeness (QED) is 0.754. The number of hydrogen-bond donors (Lipinski definition) is 3. The smallest absolute Gasteiger partial charge is 0.321 e. The topological polar surface area (TPSA) is 86.9 Å². The maximum Gasteiger partial charge on any atom is 0.321 e.